The number of amides is 1. The molecule has 0 aromatic heterocycles. The van der Waals surface area contributed by atoms with Crippen molar-refractivity contribution in [3.63, 3.8) is 0 Å². The van der Waals surface area contributed by atoms with Crippen LogP contribution in [0.2, 0.25) is 0 Å². The standard InChI is InChI=1S/C18H26N2O/c1-18(2)7-5-13(6-8-18)10-20-17(21)14-3-4-15-11-19-12-16(15)9-14/h3-4,9,13,19H,5-8,10-12H2,1-2H3,(H,20,21). The lowest BCUT2D eigenvalue weighted by molar-refractivity contribution is 0.0936. The first-order valence-electron chi connectivity index (χ1n) is 8.14. The van der Waals surface area contributed by atoms with Crippen LogP contribution in [0.25, 0.3) is 0 Å². The predicted molar refractivity (Wildman–Crippen MR) is 85.1 cm³/mol. The van der Waals surface area contributed by atoms with Gasteiger partial charge in [-0.2, -0.15) is 0 Å². The highest BCUT2D eigenvalue weighted by Gasteiger charge is 2.26. The number of carbonyl (C=O) groups excluding carboxylic acids is 1. The van der Waals surface area contributed by atoms with Crippen LogP contribution >= 0.6 is 0 Å². The Morgan fingerprint density at radius 3 is 2.71 bits per heavy atom. The molecule has 1 heterocycles. The maximum absolute atomic E-state index is 12.3. The van der Waals surface area contributed by atoms with Crippen LogP contribution in [0.1, 0.15) is 61.0 Å². The molecule has 1 aromatic rings. The van der Waals surface area contributed by atoms with Gasteiger partial charge in [-0.25, -0.2) is 0 Å². The molecule has 3 heteroatoms. The van der Waals surface area contributed by atoms with E-state index in [0.29, 0.717) is 11.3 Å². The summed E-state index contributed by atoms with van der Waals surface area (Å²) < 4.78 is 0. The summed E-state index contributed by atoms with van der Waals surface area (Å²) in [6.07, 6.45) is 5.03. The minimum absolute atomic E-state index is 0.0783. The molecule has 1 aliphatic carbocycles. The van der Waals surface area contributed by atoms with Crippen molar-refractivity contribution in [1.82, 2.24) is 10.6 Å². The maximum atomic E-state index is 12.3. The number of rotatable bonds is 3. The molecule has 21 heavy (non-hydrogen) atoms. The van der Waals surface area contributed by atoms with Crippen molar-refractivity contribution < 1.29 is 4.79 Å². The van der Waals surface area contributed by atoms with E-state index in [1.54, 1.807) is 0 Å². The highest BCUT2D eigenvalue weighted by Crippen LogP contribution is 2.37. The van der Waals surface area contributed by atoms with Crippen molar-refractivity contribution in [1.29, 1.82) is 0 Å². The summed E-state index contributed by atoms with van der Waals surface area (Å²) in [6.45, 7) is 7.33. The summed E-state index contributed by atoms with van der Waals surface area (Å²) >= 11 is 0. The lowest BCUT2D eigenvalue weighted by Crippen LogP contribution is -2.32. The van der Waals surface area contributed by atoms with Gasteiger partial charge in [0, 0.05) is 25.2 Å². The lowest BCUT2D eigenvalue weighted by atomic mass is 9.73. The second-order valence-electron chi connectivity index (χ2n) is 7.40. The monoisotopic (exact) mass is 286 g/mol. The summed E-state index contributed by atoms with van der Waals surface area (Å²) in [4.78, 5) is 12.3. The van der Waals surface area contributed by atoms with Gasteiger partial charge in [-0.15, -0.1) is 0 Å². The highest BCUT2D eigenvalue weighted by molar-refractivity contribution is 5.94. The molecule has 1 aliphatic heterocycles. The number of benzene rings is 1. The Morgan fingerprint density at radius 1 is 1.24 bits per heavy atom. The van der Waals surface area contributed by atoms with E-state index in [2.05, 4.69) is 30.5 Å². The van der Waals surface area contributed by atoms with Gasteiger partial charge in [-0.05, 0) is 60.3 Å². The molecule has 0 spiro atoms. The molecule has 0 unspecified atom stereocenters. The molecule has 3 rings (SSSR count). The van der Waals surface area contributed by atoms with E-state index in [9.17, 15) is 4.79 Å². The molecular weight excluding hydrogens is 260 g/mol. The first-order chi connectivity index (χ1) is 10.0. The highest BCUT2D eigenvalue weighted by atomic mass is 16.1. The number of carbonyl (C=O) groups is 1. The summed E-state index contributed by atoms with van der Waals surface area (Å²) in [6, 6.07) is 6.06. The second-order valence-corrected chi connectivity index (χ2v) is 7.40. The smallest absolute Gasteiger partial charge is 0.251 e. The van der Waals surface area contributed by atoms with Crippen LogP contribution in [0.4, 0.5) is 0 Å². The van der Waals surface area contributed by atoms with Crippen LogP contribution < -0.4 is 10.6 Å². The van der Waals surface area contributed by atoms with Crippen molar-refractivity contribution in [3.05, 3.63) is 34.9 Å². The lowest BCUT2D eigenvalue weighted by Gasteiger charge is -2.34. The Morgan fingerprint density at radius 2 is 1.95 bits per heavy atom. The molecule has 1 amide bonds. The van der Waals surface area contributed by atoms with Crippen LogP contribution in [-0.4, -0.2) is 12.5 Å². The fourth-order valence-electron chi connectivity index (χ4n) is 3.44. The van der Waals surface area contributed by atoms with Gasteiger partial charge in [0.15, 0.2) is 0 Å². The summed E-state index contributed by atoms with van der Waals surface area (Å²) in [5, 5.41) is 6.44. The SMILES string of the molecule is CC1(C)CCC(CNC(=O)c2ccc3c(c2)CNC3)CC1. The first kappa shape index (κ1) is 14.6. The molecule has 1 fully saturated rings. The first-order valence-corrected chi connectivity index (χ1v) is 8.14. The van der Waals surface area contributed by atoms with Crippen LogP contribution in [0.3, 0.4) is 0 Å². The fourth-order valence-corrected chi connectivity index (χ4v) is 3.44. The minimum atomic E-state index is 0.0783. The Labute approximate surface area is 127 Å². The molecule has 3 nitrogen and oxygen atoms in total. The van der Waals surface area contributed by atoms with Gasteiger partial charge in [0.05, 0.1) is 0 Å². The largest absolute Gasteiger partial charge is 0.352 e. The molecule has 114 valence electrons. The van der Waals surface area contributed by atoms with E-state index in [4.69, 9.17) is 0 Å². The van der Waals surface area contributed by atoms with Crippen LogP contribution in [0.5, 0.6) is 0 Å². The Hall–Kier alpha value is -1.35. The summed E-state index contributed by atoms with van der Waals surface area (Å²) in [5.41, 5.74) is 3.88. The van der Waals surface area contributed by atoms with Gasteiger partial charge in [-0.1, -0.05) is 19.9 Å². The van der Waals surface area contributed by atoms with Crippen molar-refractivity contribution in [2.75, 3.05) is 6.54 Å². The molecular formula is C18H26N2O. The average Bonchev–Trinajstić information content (AvgIpc) is 2.93. The van der Waals surface area contributed by atoms with E-state index < -0.39 is 0 Å². The number of hydrogen-bond donors (Lipinski definition) is 2. The van der Waals surface area contributed by atoms with Crippen LogP contribution in [0.15, 0.2) is 18.2 Å². The van der Waals surface area contributed by atoms with Crippen molar-refractivity contribution >= 4 is 5.91 Å². The topological polar surface area (TPSA) is 41.1 Å². The number of nitrogens with one attached hydrogen (secondary N) is 2. The zero-order valence-corrected chi connectivity index (χ0v) is 13.2. The zero-order chi connectivity index (χ0) is 14.9. The molecule has 0 saturated heterocycles. The zero-order valence-electron chi connectivity index (χ0n) is 13.2. The quantitative estimate of drug-likeness (QED) is 0.895. The van der Waals surface area contributed by atoms with Crippen molar-refractivity contribution in [2.45, 2.75) is 52.6 Å². The van der Waals surface area contributed by atoms with Gasteiger partial charge >= 0.3 is 0 Å². The van der Waals surface area contributed by atoms with Crippen LogP contribution in [0, 0.1) is 11.3 Å². The molecule has 2 aliphatic rings. The van der Waals surface area contributed by atoms with Crippen molar-refractivity contribution in [3.8, 4) is 0 Å². The third-order valence-electron chi connectivity index (χ3n) is 5.11. The molecule has 0 bridgehead atoms. The van der Waals surface area contributed by atoms with E-state index in [1.165, 1.54) is 36.8 Å². The predicted octanol–water partition coefficient (Wildman–Crippen LogP) is 3.24. The maximum Gasteiger partial charge on any atom is 0.251 e. The average molecular weight is 286 g/mol. The van der Waals surface area contributed by atoms with E-state index in [0.717, 1.165) is 25.2 Å². The van der Waals surface area contributed by atoms with E-state index >= 15 is 0 Å². The van der Waals surface area contributed by atoms with Gasteiger partial charge in [0.1, 0.15) is 0 Å². The minimum Gasteiger partial charge on any atom is -0.352 e. The summed E-state index contributed by atoms with van der Waals surface area (Å²) in [7, 11) is 0. The van der Waals surface area contributed by atoms with Gasteiger partial charge in [0.25, 0.3) is 5.91 Å². The molecule has 2 N–H and O–H groups in total. The Balaban J connectivity index is 1.53. The molecule has 0 atom stereocenters. The molecule has 0 radical (unpaired) electrons. The third kappa shape index (κ3) is 3.46. The van der Waals surface area contributed by atoms with Crippen molar-refractivity contribution in [2.24, 2.45) is 11.3 Å². The summed E-state index contributed by atoms with van der Waals surface area (Å²) in [5.74, 6) is 0.729. The number of hydrogen-bond acceptors (Lipinski definition) is 2. The van der Waals surface area contributed by atoms with Crippen LogP contribution in [-0.2, 0) is 13.1 Å². The normalized spacial score (nSPS) is 21.0. The Kier molecular flexibility index (Phi) is 4.03. The van der Waals surface area contributed by atoms with E-state index in [1.807, 2.05) is 12.1 Å². The number of fused-ring (bicyclic) bond motifs is 1. The second kappa shape index (κ2) is 5.80. The Bertz CT molecular complexity index is 526. The van der Waals surface area contributed by atoms with Gasteiger partial charge in [0.2, 0.25) is 0 Å². The molecule has 1 saturated carbocycles. The third-order valence-corrected chi connectivity index (χ3v) is 5.11. The van der Waals surface area contributed by atoms with Gasteiger partial charge in [-0.3, -0.25) is 4.79 Å². The fraction of sp³-hybridized carbons (Fsp3) is 0.611. The molecule has 1 aromatic carbocycles. The van der Waals surface area contributed by atoms with E-state index in [-0.39, 0.29) is 5.91 Å². The van der Waals surface area contributed by atoms with Gasteiger partial charge < -0.3 is 10.6 Å².